The van der Waals surface area contributed by atoms with Crippen LogP contribution >= 0.6 is 0 Å². The first kappa shape index (κ1) is 12.0. The van der Waals surface area contributed by atoms with Crippen molar-refractivity contribution in [2.75, 3.05) is 0 Å². The van der Waals surface area contributed by atoms with Crippen LogP contribution < -0.4 is 0 Å². The van der Waals surface area contributed by atoms with Gasteiger partial charge in [-0.05, 0) is 24.6 Å². The summed E-state index contributed by atoms with van der Waals surface area (Å²) in [6.07, 6.45) is 1.54. The molecule has 0 saturated carbocycles. The molecule has 0 amide bonds. The number of phenols is 1. The number of phenolic OH excluding ortho intramolecular Hbond substituents is 1. The summed E-state index contributed by atoms with van der Waals surface area (Å²) in [4.78, 5) is 0. The van der Waals surface area contributed by atoms with E-state index in [1.165, 1.54) is 0 Å². The largest absolute Gasteiger partial charge is 0.507 e. The molecule has 0 atom stereocenters. The third-order valence-electron chi connectivity index (χ3n) is 2.53. The minimum atomic E-state index is 0.203. The number of hydrogen-bond acceptors (Lipinski definition) is 3. The molecule has 0 unspecified atom stereocenters. The quantitative estimate of drug-likeness (QED) is 0.647. The SMILES string of the molecule is C/C(=N\N=C\c1ccccc1O)c1ccccc1. The molecule has 0 aliphatic carbocycles. The van der Waals surface area contributed by atoms with Crippen molar-refractivity contribution in [1.82, 2.24) is 0 Å². The topological polar surface area (TPSA) is 45.0 Å². The van der Waals surface area contributed by atoms with Crippen LogP contribution in [0.25, 0.3) is 0 Å². The molecule has 2 aromatic rings. The van der Waals surface area contributed by atoms with Gasteiger partial charge in [0.15, 0.2) is 0 Å². The van der Waals surface area contributed by atoms with Crippen LogP contribution in [0.5, 0.6) is 5.75 Å². The van der Waals surface area contributed by atoms with Crippen LogP contribution in [0.3, 0.4) is 0 Å². The van der Waals surface area contributed by atoms with Crippen molar-refractivity contribution in [3.8, 4) is 5.75 Å². The van der Waals surface area contributed by atoms with Crippen molar-refractivity contribution in [3.05, 3.63) is 65.7 Å². The number of hydrogen-bond donors (Lipinski definition) is 1. The van der Waals surface area contributed by atoms with Gasteiger partial charge in [0.25, 0.3) is 0 Å². The van der Waals surface area contributed by atoms with Gasteiger partial charge in [0.2, 0.25) is 0 Å². The van der Waals surface area contributed by atoms with Gasteiger partial charge in [-0.25, -0.2) is 0 Å². The maximum atomic E-state index is 9.55. The predicted octanol–water partition coefficient (Wildman–Crippen LogP) is 3.24. The molecule has 0 spiro atoms. The summed E-state index contributed by atoms with van der Waals surface area (Å²) < 4.78 is 0. The molecule has 90 valence electrons. The molecule has 0 radical (unpaired) electrons. The Morgan fingerprint density at radius 3 is 2.39 bits per heavy atom. The Labute approximate surface area is 106 Å². The average Bonchev–Trinajstić information content (AvgIpc) is 2.42. The fourth-order valence-electron chi connectivity index (χ4n) is 1.51. The van der Waals surface area contributed by atoms with Crippen molar-refractivity contribution < 1.29 is 5.11 Å². The minimum Gasteiger partial charge on any atom is -0.507 e. The summed E-state index contributed by atoms with van der Waals surface area (Å²) in [6, 6.07) is 16.9. The standard InChI is InChI=1S/C15H14N2O/c1-12(13-7-3-2-4-8-13)17-16-11-14-9-5-6-10-15(14)18/h2-11,18H,1H3/b16-11+,17-12+. The molecule has 0 aromatic heterocycles. The zero-order chi connectivity index (χ0) is 12.8. The third kappa shape index (κ3) is 3.04. The van der Waals surface area contributed by atoms with Gasteiger partial charge in [-0.3, -0.25) is 0 Å². The van der Waals surface area contributed by atoms with E-state index in [0.29, 0.717) is 5.56 Å². The molecule has 0 aliphatic heterocycles. The maximum Gasteiger partial charge on any atom is 0.124 e. The van der Waals surface area contributed by atoms with Crippen LogP contribution in [0.4, 0.5) is 0 Å². The van der Waals surface area contributed by atoms with E-state index < -0.39 is 0 Å². The number of para-hydroxylation sites is 1. The van der Waals surface area contributed by atoms with Crippen molar-refractivity contribution in [3.63, 3.8) is 0 Å². The van der Waals surface area contributed by atoms with Crippen molar-refractivity contribution >= 4 is 11.9 Å². The molecule has 1 N–H and O–H groups in total. The molecule has 0 bridgehead atoms. The fourth-order valence-corrected chi connectivity index (χ4v) is 1.51. The molecule has 0 aliphatic rings. The zero-order valence-electron chi connectivity index (χ0n) is 10.1. The van der Waals surface area contributed by atoms with Crippen LogP contribution in [0.2, 0.25) is 0 Å². The summed E-state index contributed by atoms with van der Waals surface area (Å²) in [5.74, 6) is 0.203. The molecule has 0 fully saturated rings. The summed E-state index contributed by atoms with van der Waals surface area (Å²) in [6.45, 7) is 1.90. The third-order valence-corrected chi connectivity index (χ3v) is 2.53. The van der Waals surface area contributed by atoms with E-state index in [1.54, 1.807) is 24.4 Å². The normalized spacial score (nSPS) is 11.9. The van der Waals surface area contributed by atoms with Crippen molar-refractivity contribution in [2.45, 2.75) is 6.92 Å². The fraction of sp³-hybridized carbons (Fsp3) is 0.0667. The van der Waals surface area contributed by atoms with E-state index in [-0.39, 0.29) is 5.75 Å². The van der Waals surface area contributed by atoms with E-state index in [4.69, 9.17) is 0 Å². The maximum absolute atomic E-state index is 9.55. The lowest BCUT2D eigenvalue weighted by Crippen LogP contribution is -1.92. The van der Waals surface area contributed by atoms with Gasteiger partial charge in [0.1, 0.15) is 5.75 Å². The lowest BCUT2D eigenvalue weighted by Gasteiger charge is -1.97. The first-order valence-electron chi connectivity index (χ1n) is 5.68. The molecule has 3 nitrogen and oxygen atoms in total. The van der Waals surface area contributed by atoms with E-state index in [2.05, 4.69) is 10.2 Å². The Kier molecular flexibility index (Phi) is 3.86. The van der Waals surface area contributed by atoms with E-state index in [1.807, 2.05) is 43.3 Å². The molecule has 0 heterocycles. The summed E-state index contributed by atoms with van der Waals surface area (Å²) in [5, 5.41) is 17.6. The van der Waals surface area contributed by atoms with Gasteiger partial charge in [-0.15, -0.1) is 0 Å². The van der Waals surface area contributed by atoms with Crippen molar-refractivity contribution in [2.24, 2.45) is 10.2 Å². The molecule has 2 aromatic carbocycles. The second kappa shape index (κ2) is 5.77. The Morgan fingerprint density at radius 1 is 1.00 bits per heavy atom. The van der Waals surface area contributed by atoms with Gasteiger partial charge in [0, 0.05) is 5.56 Å². The molecule has 18 heavy (non-hydrogen) atoms. The number of aromatic hydroxyl groups is 1. The van der Waals surface area contributed by atoms with Crippen LogP contribution in [-0.4, -0.2) is 17.0 Å². The Hall–Kier alpha value is -2.42. The monoisotopic (exact) mass is 238 g/mol. The summed E-state index contributed by atoms with van der Waals surface area (Å²) in [7, 11) is 0. The second-order valence-corrected chi connectivity index (χ2v) is 3.85. The zero-order valence-corrected chi connectivity index (χ0v) is 10.1. The Balaban J connectivity index is 2.14. The summed E-state index contributed by atoms with van der Waals surface area (Å²) >= 11 is 0. The molecular weight excluding hydrogens is 224 g/mol. The lowest BCUT2D eigenvalue weighted by atomic mass is 10.1. The number of rotatable bonds is 3. The average molecular weight is 238 g/mol. The first-order chi connectivity index (χ1) is 8.77. The Morgan fingerprint density at radius 2 is 1.67 bits per heavy atom. The van der Waals surface area contributed by atoms with Crippen LogP contribution in [0, 0.1) is 0 Å². The molecule has 2 rings (SSSR count). The van der Waals surface area contributed by atoms with E-state index in [0.717, 1.165) is 11.3 Å². The first-order valence-corrected chi connectivity index (χ1v) is 5.68. The highest BCUT2D eigenvalue weighted by molar-refractivity contribution is 5.99. The van der Waals surface area contributed by atoms with Crippen LogP contribution in [-0.2, 0) is 0 Å². The van der Waals surface area contributed by atoms with Crippen LogP contribution in [0.15, 0.2) is 64.8 Å². The van der Waals surface area contributed by atoms with Gasteiger partial charge in [-0.2, -0.15) is 10.2 Å². The van der Waals surface area contributed by atoms with E-state index >= 15 is 0 Å². The summed E-state index contributed by atoms with van der Waals surface area (Å²) in [5.41, 5.74) is 2.52. The smallest absolute Gasteiger partial charge is 0.124 e. The van der Waals surface area contributed by atoms with Gasteiger partial charge >= 0.3 is 0 Å². The lowest BCUT2D eigenvalue weighted by molar-refractivity contribution is 0.474. The highest BCUT2D eigenvalue weighted by atomic mass is 16.3. The predicted molar refractivity (Wildman–Crippen MR) is 74.4 cm³/mol. The highest BCUT2D eigenvalue weighted by Crippen LogP contribution is 2.12. The highest BCUT2D eigenvalue weighted by Gasteiger charge is 1.95. The number of benzene rings is 2. The second-order valence-electron chi connectivity index (χ2n) is 3.85. The van der Waals surface area contributed by atoms with E-state index in [9.17, 15) is 5.11 Å². The molecule has 3 heteroatoms. The molecular formula is C15H14N2O. The van der Waals surface area contributed by atoms with Crippen LogP contribution in [0.1, 0.15) is 18.1 Å². The van der Waals surface area contributed by atoms with Gasteiger partial charge in [0.05, 0.1) is 11.9 Å². The minimum absolute atomic E-state index is 0.203. The van der Waals surface area contributed by atoms with Gasteiger partial charge in [-0.1, -0.05) is 42.5 Å². The Bertz CT molecular complexity index is 574. The number of nitrogens with zero attached hydrogens (tertiary/aromatic N) is 2. The van der Waals surface area contributed by atoms with Gasteiger partial charge < -0.3 is 5.11 Å². The van der Waals surface area contributed by atoms with Crippen molar-refractivity contribution in [1.29, 1.82) is 0 Å². The molecule has 0 saturated heterocycles.